The first-order valence-electron chi connectivity index (χ1n) is 5.32. The lowest BCUT2D eigenvalue weighted by atomic mass is 10.2. The van der Waals surface area contributed by atoms with Crippen LogP contribution in [-0.4, -0.2) is 4.92 Å². The number of nitrogens with zero attached hydrogens (tertiary/aromatic N) is 2. The highest BCUT2D eigenvalue weighted by Gasteiger charge is 2.17. The van der Waals surface area contributed by atoms with E-state index < -0.39 is 10.7 Å². The third kappa shape index (κ3) is 3.02. The Morgan fingerprint density at radius 3 is 2.70 bits per heavy atom. The maximum absolute atomic E-state index is 13.3. The predicted molar refractivity (Wildman–Crippen MR) is 69.3 cm³/mol. The van der Waals surface area contributed by atoms with Gasteiger partial charge in [-0.05, 0) is 24.3 Å². The molecule has 0 N–H and O–H groups in total. The van der Waals surface area contributed by atoms with Gasteiger partial charge in [0.1, 0.15) is 11.6 Å². The van der Waals surface area contributed by atoms with Crippen molar-refractivity contribution in [2.45, 2.75) is 0 Å². The molecule has 2 aromatic carbocycles. The molecule has 0 atom stereocenters. The van der Waals surface area contributed by atoms with E-state index in [2.05, 4.69) is 0 Å². The van der Waals surface area contributed by atoms with Crippen LogP contribution in [0.4, 0.5) is 10.1 Å². The number of benzene rings is 2. The summed E-state index contributed by atoms with van der Waals surface area (Å²) < 4.78 is 18.5. The Bertz CT molecular complexity index is 728. The molecule has 0 saturated carbocycles. The molecule has 0 saturated heterocycles. The Balaban J connectivity index is 2.42. The van der Waals surface area contributed by atoms with Crippen molar-refractivity contribution < 1.29 is 14.1 Å². The fourth-order valence-corrected chi connectivity index (χ4v) is 1.70. The van der Waals surface area contributed by atoms with Gasteiger partial charge in [-0.3, -0.25) is 10.1 Å². The van der Waals surface area contributed by atoms with E-state index in [0.717, 1.165) is 18.2 Å². The van der Waals surface area contributed by atoms with Crippen LogP contribution >= 0.6 is 11.6 Å². The number of nitro benzene ring substituents is 1. The first-order valence-corrected chi connectivity index (χ1v) is 5.70. The fraction of sp³-hybridized carbons (Fsp3) is 0. The largest absolute Gasteiger partial charge is 0.450 e. The first-order chi connectivity index (χ1) is 9.49. The maximum atomic E-state index is 13.3. The first kappa shape index (κ1) is 13.8. The molecule has 0 amide bonds. The minimum Gasteiger partial charge on any atom is -0.450 e. The summed E-state index contributed by atoms with van der Waals surface area (Å²) in [4.78, 5) is 10.2. The summed E-state index contributed by atoms with van der Waals surface area (Å²) in [7, 11) is 0. The van der Waals surface area contributed by atoms with Gasteiger partial charge >= 0.3 is 5.69 Å². The van der Waals surface area contributed by atoms with Gasteiger partial charge in [-0.1, -0.05) is 11.6 Å². The van der Waals surface area contributed by atoms with Gasteiger partial charge in [0.25, 0.3) is 0 Å². The number of rotatable bonds is 3. The van der Waals surface area contributed by atoms with Crippen LogP contribution in [0.5, 0.6) is 11.5 Å². The van der Waals surface area contributed by atoms with Crippen molar-refractivity contribution in [2.75, 3.05) is 0 Å². The molecule has 20 heavy (non-hydrogen) atoms. The molecule has 0 aliphatic rings. The van der Waals surface area contributed by atoms with E-state index in [-0.39, 0.29) is 27.8 Å². The molecule has 0 bridgehead atoms. The molecule has 0 aliphatic carbocycles. The number of halogens is 2. The second kappa shape index (κ2) is 5.55. The second-order valence-electron chi connectivity index (χ2n) is 3.76. The molecule has 2 aromatic rings. The zero-order chi connectivity index (χ0) is 14.7. The van der Waals surface area contributed by atoms with Crippen LogP contribution in [0, 0.1) is 27.3 Å². The standard InChI is InChI=1S/C13H6ClFN2O3/c14-9-1-2-13(12(5-9)17(18)19)20-11-4-8(7-16)3-10(15)6-11/h1-6H. The molecule has 7 heteroatoms. The Hall–Kier alpha value is -2.65. The molecule has 2 rings (SSSR count). The van der Waals surface area contributed by atoms with Crippen molar-refractivity contribution in [2.24, 2.45) is 0 Å². The summed E-state index contributed by atoms with van der Waals surface area (Å²) in [5.74, 6) is -0.767. The van der Waals surface area contributed by atoms with Gasteiger partial charge in [-0.25, -0.2) is 4.39 Å². The molecule has 0 aromatic heterocycles. The average molecular weight is 293 g/mol. The van der Waals surface area contributed by atoms with Gasteiger partial charge < -0.3 is 4.74 Å². The smallest absolute Gasteiger partial charge is 0.313 e. The van der Waals surface area contributed by atoms with Crippen LogP contribution in [0.15, 0.2) is 36.4 Å². The minimum atomic E-state index is -0.671. The highest BCUT2D eigenvalue weighted by molar-refractivity contribution is 6.30. The van der Waals surface area contributed by atoms with Crippen molar-refractivity contribution in [3.8, 4) is 17.6 Å². The predicted octanol–water partition coefficient (Wildman–Crippen LogP) is 4.05. The third-order valence-electron chi connectivity index (χ3n) is 2.35. The van der Waals surface area contributed by atoms with E-state index in [1.165, 1.54) is 18.2 Å². The van der Waals surface area contributed by atoms with Crippen molar-refractivity contribution in [1.29, 1.82) is 5.26 Å². The summed E-state index contributed by atoms with van der Waals surface area (Å²) >= 11 is 5.67. The molecule has 0 spiro atoms. The van der Waals surface area contributed by atoms with Crippen LogP contribution in [-0.2, 0) is 0 Å². The SMILES string of the molecule is N#Cc1cc(F)cc(Oc2ccc(Cl)cc2[N+](=O)[O-])c1. The summed E-state index contributed by atoms with van der Waals surface area (Å²) in [6.07, 6.45) is 0. The second-order valence-corrected chi connectivity index (χ2v) is 4.20. The van der Waals surface area contributed by atoms with Gasteiger partial charge in [0.05, 0.1) is 16.6 Å². The van der Waals surface area contributed by atoms with E-state index >= 15 is 0 Å². The highest BCUT2D eigenvalue weighted by Crippen LogP contribution is 2.34. The van der Waals surface area contributed by atoms with Crippen molar-refractivity contribution >= 4 is 17.3 Å². The van der Waals surface area contributed by atoms with E-state index in [1.54, 1.807) is 6.07 Å². The molecule has 0 aliphatic heterocycles. The fourth-order valence-electron chi connectivity index (χ4n) is 1.53. The monoisotopic (exact) mass is 292 g/mol. The molecule has 5 nitrogen and oxygen atoms in total. The molecule has 0 unspecified atom stereocenters. The van der Waals surface area contributed by atoms with E-state index in [9.17, 15) is 14.5 Å². The highest BCUT2D eigenvalue weighted by atomic mass is 35.5. The lowest BCUT2D eigenvalue weighted by Crippen LogP contribution is -1.94. The topological polar surface area (TPSA) is 76.2 Å². The zero-order valence-electron chi connectivity index (χ0n) is 9.84. The van der Waals surface area contributed by atoms with E-state index in [0.29, 0.717) is 0 Å². The van der Waals surface area contributed by atoms with Crippen LogP contribution in [0.3, 0.4) is 0 Å². The van der Waals surface area contributed by atoms with Crippen LogP contribution in [0.1, 0.15) is 5.56 Å². The number of ether oxygens (including phenoxy) is 1. The van der Waals surface area contributed by atoms with Crippen LogP contribution in [0.2, 0.25) is 5.02 Å². The van der Waals surface area contributed by atoms with Gasteiger partial charge in [0.15, 0.2) is 0 Å². The molecule has 100 valence electrons. The quantitative estimate of drug-likeness (QED) is 0.631. The summed E-state index contributed by atoms with van der Waals surface area (Å²) in [5.41, 5.74) is -0.295. The molecule has 0 radical (unpaired) electrons. The maximum Gasteiger partial charge on any atom is 0.313 e. The average Bonchev–Trinajstić information content (AvgIpc) is 2.40. The van der Waals surface area contributed by atoms with Gasteiger partial charge in [-0.2, -0.15) is 5.26 Å². The summed E-state index contributed by atoms with van der Waals surface area (Å²) in [5, 5.41) is 19.8. The summed E-state index contributed by atoms with van der Waals surface area (Å²) in [6.45, 7) is 0. The Morgan fingerprint density at radius 1 is 1.30 bits per heavy atom. The van der Waals surface area contributed by atoms with Gasteiger partial charge in [-0.15, -0.1) is 0 Å². The van der Waals surface area contributed by atoms with Crippen LogP contribution < -0.4 is 4.74 Å². The van der Waals surface area contributed by atoms with E-state index in [4.69, 9.17) is 21.6 Å². The van der Waals surface area contributed by atoms with Crippen LogP contribution in [0.25, 0.3) is 0 Å². The number of hydrogen-bond acceptors (Lipinski definition) is 4. The molecular formula is C13H6ClFN2O3. The minimum absolute atomic E-state index is 0.00743. The Kier molecular flexibility index (Phi) is 3.82. The van der Waals surface area contributed by atoms with Crippen molar-refractivity contribution in [3.05, 3.63) is 62.9 Å². The normalized spacial score (nSPS) is 9.85. The Morgan fingerprint density at radius 2 is 2.05 bits per heavy atom. The molecule has 0 heterocycles. The van der Waals surface area contributed by atoms with Crippen molar-refractivity contribution in [3.63, 3.8) is 0 Å². The Labute approximate surface area is 117 Å². The number of nitro groups is 1. The van der Waals surface area contributed by atoms with Gasteiger partial charge in [0, 0.05) is 17.2 Å². The summed E-state index contributed by atoms with van der Waals surface area (Å²) in [6, 6.07) is 8.94. The lowest BCUT2D eigenvalue weighted by molar-refractivity contribution is -0.385. The lowest BCUT2D eigenvalue weighted by Gasteiger charge is -2.07. The van der Waals surface area contributed by atoms with E-state index in [1.807, 2.05) is 0 Å². The molecule has 0 fully saturated rings. The zero-order valence-corrected chi connectivity index (χ0v) is 10.6. The number of nitriles is 1. The number of hydrogen-bond donors (Lipinski definition) is 0. The van der Waals surface area contributed by atoms with Crippen molar-refractivity contribution in [1.82, 2.24) is 0 Å². The van der Waals surface area contributed by atoms with Gasteiger partial charge in [0.2, 0.25) is 5.75 Å². The molecular weight excluding hydrogens is 287 g/mol. The third-order valence-corrected chi connectivity index (χ3v) is 2.58.